The van der Waals surface area contributed by atoms with Crippen LogP contribution in [0.15, 0.2) is 42.0 Å². The third kappa shape index (κ3) is 3.56. The molecule has 0 aliphatic carbocycles. The van der Waals surface area contributed by atoms with E-state index < -0.39 is 23.7 Å². The molecular weight excluding hydrogens is 433 g/mol. The number of nitrogens with zero attached hydrogens (tertiary/aromatic N) is 2. The summed E-state index contributed by atoms with van der Waals surface area (Å²) in [6.45, 7) is 6.45. The molecule has 2 aromatic carbocycles. The molecule has 166 valence electrons. The number of amides is 4. The fourth-order valence-corrected chi connectivity index (χ4v) is 4.59. The van der Waals surface area contributed by atoms with Crippen molar-refractivity contribution in [3.8, 4) is 0 Å². The van der Waals surface area contributed by atoms with Crippen LogP contribution in [0.25, 0.3) is 6.08 Å². The summed E-state index contributed by atoms with van der Waals surface area (Å²) in [4.78, 5) is 40.7. The van der Waals surface area contributed by atoms with Crippen LogP contribution >= 0.6 is 11.6 Å². The smallest absolute Gasteiger partial charge is 0.336 e. The van der Waals surface area contributed by atoms with Crippen molar-refractivity contribution in [3.63, 3.8) is 0 Å². The second-order valence-corrected chi connectivity index (χ2v) is 9.23. The lowest BCUT2D eigenvalue weighted by Crippen LogP contribution is -2.54. The standard InChI is InChI=1S/C24H23ClFN3O3/c1-13-12-24(2,3)28(4)20-11-17(25)14(9-15(13)20)10-16-21(30)27-23(32)29(22(16)31)19-8-6-5-7-18(19)26/h5-11,13H,12H2,1-4H3,(H,27,30,32)/b16-10+/t13-/m0/s1. The number of hydrogen-bond donors (Lipinski definition) is 1. The molecule has 1 saturated heterocycles. The largest absolute Gasteiger partial charge is 0.369 e. The van der Waals surface area contributed by atoms with E-state index in [-0.39, 0.29) is 22.7 Å². The van der Waals surface area contributed by atoms with Crippen LogP contribution in [0.3, 0.4) is 0 Å². The van der Waals surface area contributed by atoms with E-state index in [1.54, 1.807) is 0 Å². The molecule has 2 aliphatic heterocycles. The van der Waals surface area contributed by atoms with Gasteiger partial charge in [-0.05, 0) is 67.7 Å². The van der Waals surface area contributed by atoms with Crippen molar-refractivity contribution in [1.82, 2.24) is 5.32 Å². The van der Waals surface area contributed by atoms with Crippen LogP contribution in [0.2, 0.25) is 5.02 Å². The summed E-state index contributed by atoms with van der Waals surface area (Å²) in [5, 5.41) is 2.47. The fourth-order valence-electron chi connectivity index (χ4n) is 4.38. The van der Waals surface area contributed by atoms with Gasteiger partial charge in [0.1, 0.15) is 11.4 Å². The zero-order valence-corrected chi connectivity index (χ0v) is 19.0. The molecule has 2 aliphatic rings. The maximum absolute atomic E-state index is 14.3. The maximum atomic E-state index is 14.3. The molecule has 2 aromatic rings. The molecule has 0 saturated carbocycles. The van der Waals surface area contributed by atoms with Crippen molar-refractivity contribution in [2.45, 2.75) is 38.6 Å². The van der Waals surface area contributed by atoms with Crippen LogP contribution in [0, 0.1) is 5.82 Å². The number of para-hydroxylation sites is 1. The van der Waals surface area contributed by atoms with Gasteiger partial charge in [-0.1, -0.05) is 30.7 Å². The van der Waals surface area contributed by atoms with Crippen molar-refractivity contribution in [1.29, 1.82) is 0 Å². The first-order chi connectivity index (χ1) is 15.0. The van der Waals surface area contributed by atoms with Gasteiger partial charge >= 0.3 is 6.03 Å². The highest BCUT2D eigenvalue weighted by molar-refractivity contribution is 6.40. The van der Waals surface area contributed by atoms with Gasteiger partial charge in [0.2, 0.25) is 0 Å². The molecule has 0 radical (unpaired) electrons. The summed E-state index contributed by atoms with van der Waals surface area (Å²) < 4.78 is 14.3. The third-order valence-electron chi connectivity index (χ3n) is 6.25. The second-order valence-electron chi connectivity index (χ2n) is 8.82. The molecular formula is C24H23ClFN3O3. The van der Waals surface area contributed by atoms with E-state index in [4.69, 9.17) is 11.6 Å². The first kappa shape index (κ1) is 22.0. The van der Waals surface area contributed by atoms with Crippen LogP contribution in [0.1, 0.15) is 44.2 Å². The lowest BCUT2D eigenvalue weighted by atomic mass is 9.80. The summed E-state index contributed by atoms with van der Waals surface area (Å²) in [6, 6.07) is 8.06. The van der Waals surface area contributed by atoms with Gasteiger partial charge < -0.3 is 4.90 Å². The molecule has 8 heteroatoms. The van der Waals surface area contributed by atoms with Crippen LogP contribution < -0.4 is 15.1 Å². The van der Waals surface area contributed by atoms with Crippen molar-refractivity contribution in [2.75, 3.05) is 16.8 Å². The Morgan fingerprint density at radius 1 is 1.16 bits per heavy atom. The van der Waals surface area contributed by atoms with Gasteiger partial charge in [0.25, 0.3) is 11.8 Å². The third-order valence-corrected chi connectivity index (χ3v) is 6.57. The highest BCUT2D eigenvalue weighted by atomic mass is 35.5. The second kappa shape index (κ2) is 7.74. The highest BCUT2D eigenvalue weighted by Gasteiger charge is 2.39. The maximum Gasteiger partial charge on any atom is 0.336 e. The molecule has 32 heavy (non-hydrogen) atoms. The Balaban J connectivity index is 1.79. The van der Waals surface area contributed by atoms with Crippen molar-refractivity contribution < 1.29 is 18.8 Å². The summed E-state index contributed by atoms with van der Waals surface area (Å²) in [6.07, 6.45) is 2.27. The molecule has 0 aromatic heterocycles. The number of carbonyl (C=O) groups excluding carboxylic acids is 3. The number of anilines is 2. The quantitative estimate of drug-likeness (QED) is 0.518. The minimum atomic E-state index is -1.00. The molecule has 4 amide bonds. The van der Waals surface area contributed by atoms with E-state index in [1.807, 2.05) is 19.2 Å². The van der Waals surface area contributed by atoms with Crippen LogP contribution in [-0.2, 0) is 9.59 Å². The number of carbonyl (C=O) groups is 3. The number of hydrogen-bond acceptors (Lipinski definition) is 4. The normalized spacial score (nSPS) is 21.6. The molecule has 2 heterocycles. The zero-order valence-electron chi connectivity index (χ0n) is 18.2. The lowest BCUT2D eigenvalue weighted by molar-refractivity contribution is -0.122. The lowest BCUT2D eigenvalue weighted by Gasteiger charge is -2.45. The first-order valence-electron chi connectivity index (χ1n) is 10.2. The fraction of sp³-hybridized carbons (Fsp3) is 0.292. The Bertz CT molecular complexity index is 1190. The van der Waals surface area contributed by atoms with E-state index in [2.05, 4.69) is 31.0 Å². The predicted molar refractivity (Wildman–Crippen MR) is 122 cm³/mol. The van der Waals surface area contributed by atoms with Gasteiger partial charge in [0.15, 0.2) is 0 Å². The average Bonchev–Trinajstić information content (AvgIpc) is 2.71. The van der Waals surface area contributed by atoms with E-state index in [1.165, 1.54) is 24.3 Å². The molecule has 0 bridgehead atoms. The van der Waals surface area contributed by atoms with E-state index >= 15 is 0 Å². The number of halogens is 2. The monoisotopic (exact) mass is 455 g/mol. The van der Waals surface area contributed by atoms with Crippen LogP contribution in [-0.4, -0.2) is 30.4 Å². The average molecular weight is 456 g/mol. The molecule has 1 fully saturated rings. The number of fused-ring (bicyclic) bond motifs is 1. The van der Waals surface area contributed by atoms with E-state index in [0.717, 1.165) is 23.7 Å². The van der Waals surface area contributed by atoms with Gasteiger partial charge in [-0.25, -0.2) is 14.1 Å². The van der Waals surface area contributed by atoms with Gasteiger partial charge in [-0.15, -0.1) is 0 Å². The zero-order chi connectivity index (χ0) is 23.4. The Morgan fingerprint density at radius 2 is 1.84 bits per heavy atom. The Hall–Kier alpha value is -3.19. The molecule has 4 rings (SSSR count). The number of nitrogens with one attached hydrogen (secondary N) is 1. The SMILES string of the molecule is C[C@H]1CC(C)(C)N(C)c2cc(Cl)c(/C=C3\C(=O)NC(=O)N(c4ccccc4F)C3=O)cc21. The van der Waals surface area contributed by atoms with Gasteiger partial charge in [-0.3, -0.25) is 14.9 Å². The summed E-state index contributed by atoms with van der Waals surface area (Å²) in [5.74, 6) is -2.29. The van der Waals surface area contributed by atoms with Gasteiger partial charge in [0, 0.05) is 23.3 Å². The molecule has 1 atom stereocenters. The number of rotatable bonds is 2. The number of imide groups is 2. The minimum absolute atomic E-state index is 0.0461. The predicted octanol–water partition coefficient (Wildman–Crippen LogP) is 4.87. The Labute approximate surface area is 190 Å². The van der Waals surface area contributed by atoms with Gasteiger partial charge in [-0.2, -0.15) is 0 Å². The topological polar surface area (TPSA) is 69.7 Å². The van der Waals surface area contributed by atoms with Crippen LogP contribution in [0.5, 0.6) is 0 Å². The van der Waals surface area contributed by atoms with Crippen molar-refractivity contribution in [3.05, 3.63) is 63.9 Å². The van der Waals surface area contributed by atoms with Gasteiger partial charge in [0.05, 0.1) is 5.69 Å². The molecule has 0 unspecified atom stereocenters. The Morgan fingerprint density at radius 3 is 2.53 bits per heavy atom. The highest BCUT2D eigenvalue weighted by Crippen LogP contribution is 2.44. The van der Waals surface area contributed by atoms with E-state index in [0.29, 0.717) is 15.5 Å². The Kier molecular flexibility index (Phi) is 5.33. The molecule has 1 N–H and O–H groups in total. The summed E-state index contributed by atoms with van der Waals surface area (Å²) in [7, 11) is 2.01. The molecule has 0 spiro atoms. The number of urea groups is 1. The molecule has 6 nitrogen and oxygen atoms in total. The minimum Gasteiger partial charge on any atom is -0.369 e. The number of barbiturate groups is 1. The summed E-state index contributed by atoms with van der Waals surface area (Å²) in [5.41, 5.74) is 1.94. The first-order valence-corrected chi connectivity index (χ1v) is 10.6. The van der Waals surface area contributed by atoms with Crippen LogP contribution in [0.4, 0.5) is 20.6 Å². The van der Waals surface area contributed by atoms with E-state index in [9.17, 15) is 18.8 Å². The summed E-state index contributed by atoms with van der Waals surface area (Å²) >= 11 is 6.53. The number of benzene rings is 2. The van der Waals surface area contributed by atoms with Crippen molar-refractivity contribution >= 4 is 46.9 Å². The van der Waals surface area contributed by atoms with Crippen molar-refractivity contribution in [2.24, 2.45) is 0 Å².